The number of carbonyl (C=O) groups is 1. The Morgan fingerprint density at radius 3 is 2.95 bits per heavy atom. The third kappa shape index (κ3) is 3.15. The summed E-state index contributed by atoms with van der Waals surface area (Å²) in [6.45, 7) is 0.168. The first kappa shape index (κ1) is 15.7. The topological polar surface area (TPSA) is 61.5 Å². The van der Waals surface area contributed by atoms with Crippen LogP contribution in [-0.4, -0.2) is 25.2 Å². The van der Waals surface area contributed by atoms with Crippen LogP contribution >= 0.6 is 0 Å². The third-order valence-electron chi connectivity index (χ3n) is 4.08. The van der Waals surface area contributed by atoms with Crippen LogP contribution in [0.15, 0.2) is 18.2 Å². The number of hydrogen-bond donors (Lipinski definition) is 1. The predicted octanol–water partition coefficient (Wildman–Crippen LogP) is 2.40. The highest BCUT2D eigenvalue weighted by atomic mass is 19.2. The second kappa shape index (κ2) is 6.39. The average Bonchev–Trinajstić information content (AvgIpc) is 2.85. The van der Waals surface area contributed by atoms with Gasteiger partial charge in [-0.15, -0.1) is 0 Å². The van der Waals surface area contributed by atoms with Gasteiger partial charge in [-0.05, 0) is 37.3 Å². The van der Waals surface area contributed by atoms with Gasteiger partial charge in [0.25, 0.3) is 0 Å². The number of esters is 1. The molecule has 0 aromatic heterocycles. The van der Waals surface area contributed by atoms with Crippen LogP contribution in [-0.2, 0) is 9.53 Å². The molecule has 2 rings (SSSR count). The first-order chi connectivity index (χ1) is 9.99. The van der Waals surface area contributed by atoms with Crippen LogP contribution in [0.25, 0.3) is 0 Å². The minimum atomic E-state index is -1.00. The number of halogens is 2. The summed E-state index contributed by atoms with van der Waals surface area (Å²) in [5.41, 5.74) is 5.13. The SMILES string of the molecule is COC(=O)C1(N)CCCC1CCOc1cccc(F)c1F. The molecule has 1 aliphatic rings. The summed E-state index contributed by atoms with van der Waals surface area (Å²) < 4.78 is 36.5. The molecular weight excluding hydrogens is 280 g/mol. The van der Waals surface area contributed by atoms with Crippen LogP contribution in [0, 0.1) is 17.6 Å². The number of ether oxygens (including phenoxy) is 2. The summed E-state index contributed by atoms with van der Waals surface area (Å²) in [7, 11) is 1.31. The largest absolute Gasteiger partial charge is 0.490 e. The highest BCUT2D eigenvalue weighted by molar-refractivity contribution is 5.81. The lowest BCUT2D eigenvalue weighted by Gasteiger charge is -2.28. The van der Waals surface area contributed by atoms with Crippen LogP contribution in [0.2, 0.25) is 0 Å². The number of nitrogens with two attached hydrogens (primary N) is 1. The Balaban J connectivity index is 1.94. The van der Waals surface area contributed by atoms with Crippen molar-refractivity contribution in [1.82, 2.24) is 0 Å². The summed E-state index contributed by atoms with van der Waals surface area (Å²) >= 11 is 0. The summed E-state index contributed by atoms with van der Waals surface area (Å²) in [6, 6.07) is 3.77. The van der Waals surface area contributed by atoms with Gasteiger partial charge in [0.05, 0.1) is 13.7 Å². The van der Waals surface area contributed by atoms with Crippen molar-refractivity contribution in [2.24, 2.45) is 11.7 Å². The van der Waals surface area contributed by atoms with Crippen LogP contribution in [0.3, 0.4) is 0 Å². The molecule has 0 radical (unpaired) electrons. The second-order valence-corrected chi connectivity index (χ2v) is 5.31. The summed E-state index contributed by atoms with van der Waals surface area (Å²) in [6.07, 6.45) is 2.69. The van der Waals surface area contributed by atoms with Gasteiger partial charge in [0.15, 0.2) is 11.6 Å². The first-order valence-electron chi connectivity index (χ1n) is 6.93. The number of carbonyl (C=O) groups excluding carboxylic acids is 1. The van der Waals surface area contributed by atoms with E-state index in [0.717, 1.165) is 18.9 Å². The molecule has 1 aliphatic carbocycles. The van der Waals surface area contributed by atoms with E-state index in [1.165, 1.54) is 19.2 Å². The average molecular weight is 299 g/mol. The van der Waals surface area contributed by atoms with Crippen molar-refractivity contribution in [1.29, 1.82) is 0 Å². The number of rotatable bonds is 5. The zero-order chi connectivity index (χ0) is 15.5. The van der Waals surface area contributed by atoms with Crippen molar-refractivity contribution in [2.75, 3.05) is 13.7 Å². The van der Waals surface area contributed by atoms with Crippen LogP contribution in [0.4, 0.5) is 8.78 Å². The zero-order valence-electron chi connectivity index (χ0n) is 11.9. The highest BCUT2D eigenvalue weighted by Crippen LogP contribution is 2.37. The van der Waals surface area contributed by atoms with Gasteiger partial charge in [-0.2, -0.15) is 4.39 Å². The lowest BCUT2D eigenvalue weighted by molar-refractivity contribution is -0.148. The Hall–Kier alpha value is -1.69. The predicted molar refractivity (Wildman–Crippen MR) is 72.7 cm³/mol. The normalized spacial score (nSPS) is 24.9. The fourth-order valence-corrected chi connectivity index (χ4v) is 2.87. The fraction of sp³-hybridized carbons (Fsp3) is 0.533. The van der Waals surface area contributed by atoms with E-state index in [9.17, 15) is 13.6 Å². The van der Waals surface area contributed by atoms with Gasteiger partial charge < -0.3 is 15.2 Å². The van der Waals surface area contributed by atoms with E-state index in [2.05, 4.69) is 0 Å². The molecule has 0 heterocycles. The van der Waals surface area contributed by atoms with Crippen molar-refractivity contribution in [3.05, 3.63) is 29.8 Å². The number of hydrogen-bond acceptors (Lipinski definition) is 4. The van der Waals surface area contributed by atoms with Crippen molar-refractivity contribution in [2.45, 2.75) is 31.2 Å². The van der Waals surface area contributed by atoms with Gasteiger partial charge in [0.2, 0.25) is 5.82 Å². The van der Waals surface area contributed by atoms with Crippen LogP contribution in [0.1, 0.15) is 25.7 Å². The molecule has 21 heavy (non-hydrogen) atoms. The van der Waals surface area contributed by atoms with E-state index in [1.807, 2.05) is 0 Å². The molecule has 2 atom stereocenters. The molecule has 116 valence electrons. The lowest BCUT2D eigenvalue weighted by atomic mass is 9.86. The lowest BCUT2D eigenvalue weighted by Crippen LogP contribution is -2.52. The molecule has 6 heteroatoms. The molecule has 1 aromatic rings. The Kier molecular flexibility index (Phi) is 4.77. The van der Waals surface area contributed by atoms with E-state index in [4.69, 9.17) is 15.2 Å². The molecule has 0 bridgehead atoms. The minimum absolute atomic E-state index is 0.0819. The van der Waals surface area contributed by atoms with Gasteiger partial charge in [-0.3, -0.25) is 4.79 Å². The van der Waals surface area contributed by atoms with Crippen molar-refractivity contribution in [3.8, 4) is 5.75 Å². The molecular formula is C15H19F2NO3. The van der Waals surface area contributed by atoms with E-state index in [1.54, 1.807) is 0 Å². The van der Waals surface area contributed by atoms with Crippen molar-refractivity contribution >= 4 is 5.97 Å². The van der Waals surface area contributed by atoms with Gasteiger partial charge >= 0.3 is 5.97 Å². The Morgan fingerprint density at radius 1 is 1.48 bits per heavy atom. The van der Waals surface area contributed by atoms with E-state index in [0.29, 0.717) is 12.8 Å². The third-order valence-corrected chi connectivity index (χ3v) is 4.08. The monoisotopic (exact) mass is 299 g/mol. The quantitative estimate of drug-likeness (QED) is 0.848. The molecule has 0 aliphatic heterocycles. The molecule has 1 fully saturated rings. The smallest absolute Gasteiger partial charge is 0.326 e. The van der Waals surface area contributed by atoms with Gasteiger partial charge in [-0.25, -0.2) is 4.39 Å². The Bertz CT molecular complexity index is 524. The molecule has 0 saturated heterocycles. The molecule has 2 unspecified atom stereocenters. The zero-order valence-corrected chi connectivity index (χ0v) is 11.9. The maximum Gasteiger partial charge on any atom is 0.326 e. The maximum absolute atomic E-state index is 13.4. The molecule has 2 N–H and O–H groups in total. The minimum Gasteiger partial charge on any atom is -0.490 e. The van der Waals surface area contributed by atoms with Gasteiger partial charge in [0, 0.05) is 0 Å². The molecule has 0 amide bonds. The Labute approximate surface area is 122 Å². The molecule has 0 spiro atoms. The van der Waals surface area contributed by atoms with E-state index in [-0.39, 0.29) is 18.3 Å². The maximum atomic E-state index is 13.4. The summed E-state index contributed by atoms with van der Waals surface area (Å²) in [5, 5.41) is 0. The van der Waals surface area contributed by atoms with Crippen molar-refractivity contribution < 1.29 is 23.0 Å². The first-order valence-corrected chi connectivity index (χ1v) is 6.93. The Morgan fingerprint density at radius 2 is 2.24 bits per heavy atom. The fourth-order valence-electron chi connectivity index (χ4n) is 2.87. The summed E-state index contributed by atoms with van der Waals surface area (Å²) in [4.78, 5) is 11.8. The highest BCUT2D eigenvalue weighted by Gasteiger charge is 2.46. The van der Waals surface area contributed by atoms with Gasteiger partial charge in [0.1, 0.15) is 5.54 Å². The van der Waals surface area contributed by atoms with E-state index < -0.39 is 23.1 Å². The second-order valence-electron chi connectivity index (χ2n) is 5.31. The van der Waals surface area contributed by atoms with Crippen LogP contribution in [0.5, 0.6) is 5.75 Å². The van der Waals surface area contributed by atoms with Gasteiger partial charge in [-0.1, -0.05) is 12.5 Å². The number of methoxy groups -OCH3 is 1. The van der Waals surface area contributed by atoms with E-state index >= 15 is 0 Å². The molecule has 1 aromatic carbocycles. The molecule has 4 nitrogen and oxygen atoms in total. The standard InChI is InChI=1S/C15H19F2NO3/c1-20-14(19)15(18)8-3-4-10(15)7-9-21-12-6-2-5-11(16)13(12)17/h2,5-6,10H,3-4,7-9,18H2,1H3. The van der Waals surface area contributed by atoms with Crippen LogP contribution < -0.4 is 10.5 Å². The van der Waals surface area contributed by atoms with Crippen molar-refractivity contribution in [3.63, 3.8) is 0 Å². The summed E-state index contributed by atoms with van der Waals surface area (Å²) in [5.74, 6) is -2.59. The number of benzene rings is 1. The molecule has 1 saturated carbocycles.